The molecule has 3 rings (SSSR count). The van der Waals surface area contributed by atoms with Crippen LogP contribution in [0.15, 0.2) is 29.1 Å². The van der Waals surface area contributed by atoms with Gasteiger partial charge in [0.05, 0.1) is 6.20 Å². The van der Waals surface area contributed by atoms with Crippen LogP contribution in [0, 0.1) is 0 Å². The predicted octanol–water partition coefficient (Wildman–Crippen LogP) is 1.08. The van der Waals surface area contributed by atoms with E-state index in [9.17, 15) is 4.79 Å². The van der Waals surface area contributed by atoms with Gasteiger partial charge in [0, 0.05) is 22.4 Å². The van der Waals surface area contributed by atoms with E-state index in [4.69, 9.17) is 5.73 Å². The quantitative estimate of drug-likeness (QED) is 0.919. The van der Waals surface area contributed by atoms with Crippen molar-refractivity contribution in [3.05, 3.63) is 29.1 Å². The summed E-state index contributed by atoms with van der Waals surface area (Å²) in [6.45, 7) is 0. The van der Waals surface area contributed by atoms with Crippen molar-refractivity contribution in [3.8, 4) is 11.3 Å². The van der Waals surface area contributed by atoms with Crippen molar-refractivity contribution in [2.75, 3.05) is 0 Å². The minimum Gasteiger partial charge on any atom is -0.368 e. The van der Waals surface area contributed by atoms with Crippen molar-refractivity contribution in [2.45, 2.75) is 18.4 Å². The Labute approximate surface area is 111 Å². The number of rotatable bonds is 3. The molecule has 2 aromatic heterocycles. The van der Waals surface area contributed by atoms with Crippen LogP contribution in [0.2, 0.25) is 0 Å². The monoisotopic (exact) mass is 307 g/mol. The molecule has 1 fully saturated rings. The summed E-state index contributed by atoms with van der Waals surface area (Å²) in [7, 11) is 0. The lowest BCUT2D eigenvalue weighted by Gasteiger charge is -2.09. The average molecular weight is 308 g/mol. The SMILES string of the molecule is NC(=O)C1(n2cc(-c3cncc(Br)c3)nn2)CC1. The van der Waals surface area contributed by atoms with Gasteiger partial charge in [0.1, 0.15) is 11.2 Å². The van der Waals surface area contributed by atoms with Gasteiger partial charge in [-0.1, -0.05) is 5.21 Å². The Morgan fingerprint density at radius 2 is 2.22 bits per heavy atom. The van der Waals surface area contributed by atoms with Crippen molar-refractivity contribution in [1.29, 1.82) is 0 Å². The first kappa shape index (κ1) is 11.3. The lowest BCUT2D eigenvalue weighted by molar-refractivity contribution is -0.122. The highest BCUT2D eigenvalue weighted by Crippen LogP contribution is 2.42. The maximum atomic E-state index is 11.4. The molecular formula is C11H10BrN5O. The van der Waals surface area contributed by atoms with Crippen LogP contribution < -0.4 is 5.73 Å². The van der Waals surface area contributed by atoms with E-state index in [-0.39, 0.29) is 5.91 Å². The van der Waals surface area contributed by atoms with Crippen molar-refractivity contribution >= 4 is 21.8 Å². The molecule has 7 heteroatoms. The van der Waals surface area contributed by atoms with Crippen molar-refractivity contribution in [1.82, 2.24) is 20.0 Å². The number of halogens is 1. The van der Waals surface area contributed by atoms with Gasteiger partial charge in [-0.2, -0.15) is 0 Å². The predicted molar refractivity (Wildman–Crippen MR) is 67.4 cm³/mol. The first-order chi connectivity index (χ1) is 8.62. The van der Waals surface area contributed by atoms with Gasteiger partial charge in [-0.15, -0.1) is 5.10 Å². The summed E-state index contributed by atoms with van der Waals surface area (Å²) in [5.41, 5.74) is 6.25. The summed E-state index contributed by atoms with van der Waals surface area (Å²) in [5, 5.41) is 8.06. The minimum absolute atomic E-state index is 0.355. The van der Waals surface area contributed by atoms with Gasteiger partial charge < -0.3 is 5.73 Å². The number of carbonyl (C=O) groups is 1. The van der Waals surface area contributed by atoms with Crippen LogP contribution in [0.4, 0.5) is 0 Å². The molecule has 2 aromatic rings. The third-order valence-electron chi connectivity index (χ3n) is 3.11. The first-order valence-electron chi connectivity index (χ1n) is 5.45. The van der Waals surface area contributed by atoms with E-state index in [1.165, 1.54) is 0 Å². The molecular weight excluding hydrogens is 298 g/mol. The van der Waals surface area contributed by atoms with E-state index >= 15 is 0 Å². The van der Waals surface area contributed by atoms with Crippen LogP contribution in [0.3, 0.4) is 0 Å². The van der Waals surface area contributed by atoms with Crippen LogP contribution >= 0.6 is 15.9 Å². The minimum atomic E-state index is -0.662. The van der Waals surface area contributed by atoms with Crippen LogP contribution in [0.25, 0.3) is 11.3 Å². The van der Waals surface area contributed by atoms with Crippen LogP contribution in [0.5, 0.6) is 0 Å². The Kier molecular flexibility index (Phi) is 2.44. The molecule has 0 saturated heterocycles. The summed E-state index contributed by atoms with van der Waals surface area (Å²) in [4.78, 5) is 15.5. The highest BCUT2D eigenvalue weighted by atomic mass is 79.9. The van der Waals surface area contributed by atoms with Crippen LogP contribution in [-0.2, 0) is 10.3 Å². The Bertz CT molecular complexity index is 619. The number of nitrogens with two attached hydrogens (primary N) is 1. The fourth-order valence-corrected chi connectivity index (χ4v) is 2.23. The molecule has 1 saturated carbocycles. The molecule has 0 bridgehead atoms. The van der Waals surface area contributed by atoms with Crippen molar-refractivity contribution in [2.24, 2.45) is 5.73 Å². The number of nitrogens with zero attached hydrogens (tertiary/aromatic N) is 4. The van der Waals surface area contributed by atoms with Gasteiger partial charge >= 0.3 is 0 Å². The van der Waals surface area contributed by atoms with E-state index in [1.807, 2.05) is 6.07 Å². The largest absolute Gasteiger partial charge is 0.368 e. The fourth-order valence-electron chi connectivity index (χ4n) is 1.86. The summed E-state index contributed by atoms with van der Waals surface area (Å²) >= 11 is 3.35. The van der Waals surface area contributed by atoms with Gasteiger partial charge in [0.2, 0.25) is 5.91 Å². The third kappa shape index (κ3) is 1.71. The molecule has 0 atom stereocenters. The standard InChI is InChI=1S/C11H10BrN5O/c12-8-3-7(4-14-5-8)9-6-17(16-15-9)11(1-2-11)10(13)18/h3-6H,1-2H2,(H2,13,18). The maximum absolute atomic E-state index is 11.4. The zero-order chi connectivity index (χ0) is 12.8. The maximum Gasteiger partial charge on any atom is 0.245 e. The topological polar surface area (TPSA) is 86.7 Å². The molecule has 0 aromatic carbocycles. The summed E-state index contributed by atoms with van der Waals surface area (Å²) in [6, 6.07) is 1.89. The smallest absolute Gasteiger partial charge is 0.245 e. The molecule has 1 aliphatic carbocycles. The molecule has 18 heavy (non-hydrogen) atoms. The average Bonchev–Trinajstić information content (AvgIpc) is 3.01. The number of carbonyl (C=O) groups excluding carboxylic acids is 1. The third-order valence-corrected chi connectivity index (χ3v) is 3.55. The second kappa shape index (κ2) is 3.88. The van der Waals surface area contributed by atoms with E-state index in [2.05, 4.69) is 31.2 Å². The molecule has 0 aliphatic heterocycles. The lowest BCUT2D eigenvalue weighted by atomic mass is 10.2. The van der Waals surface area contributed by atoms with Crippen molar-refractivity contribution in [3.63, 3.8) is 0 Å². The Morgan fingerprint density at radius 3 is 2.83 bits per heavy atom. The highest BCUT2D eigenvalue weighted by Gasteiger charge is 2.51. The number of hydrogen-bond acceptors (Lipinski definition) is 4. The molecule has 1 aliphatic rings. The van der Waals surface area contributed by atoms with E-state index in [0.29, 0.717) is 5.69 Å². The molecule has 0 spiro atoms. The first-order valence-corrected chi connectivity index (χ1v) is 6.25. The van der Waals surface area contributed by atoms with Gasteiger partial charge in [-0.3, -0.25) is 9.78 Å². The highest BCUT2D eigenvalue weighted by molar-refractivity contribution is 9.10. The Hall–Kier alpha value is -1.76. The van der Waals surface area contributed by atoms with Gasteiger partial charge in [0.15, 0.2) is 0 Å². The number of amides is 1. The number of hydrogen-bond donors (Lipinski definition) is 1. The molecule has 6 nitrogen and oxygen atoms in total. The molecule has 0 radical (unpaired) electrons. The molecule has 2 heterocycles. The van der Waals surface area contributed by atoms with Crippen LogP contribution in [0.1, 0.15) is 12.8 Å². The van der Waals surface area contributed by atoms with Gasteiger partial charge in [-0.25, -0.2) is 4.68 Å². The van der Waals surface area contributed by atoms with Crippen molar-refractivity contribution < 1.29 is 4.79 Å². The normalized spacial score (nSPS) is 16.5. The summed E-state index contributed by atoms with van der Waals surface area (Å²) in [5.74, 6) is -0.355. The molecule has 92 valence electrons. The van der Waals surface area contributed by atoms with Gasteiger partial charge in [0.25, 0.3) is 0 Å². The second-order valence-corrected chi connectivity index (χ2v) is 5.25. The lowest BCUT2D eigenvalue weighted by Crippen LogP contribution is -2.34. The summed E-state index contributed by atoms with van der Waals surface area (Å²) in [6.07, 6.45) is 6.58. The Balaban J connectivity index is 1.98. The number of primary amides is 1. The zero-order valence-electron chi connectivity index (χ0n) is 9.38. The fraction of sp³-hybridized carbons (Fsp3) is 0.273. The van der Waals surface area contributed by atoms with Gasteiger partial charge in [-0.05, 0) is 34.8 Å². The number of pyridine rings is 1. The summed E-state index contributed by atoms with van der Waals surface area (Å²) < 4.78 is 2.43. The van der Waals surface area contributed by atoms with E-state index < -0.39 is 5.54 Å². The molecule has 0 unspecified atom stereocenters. The second-order valence-electron chi connectivity index (χ2n) is 4.34. The zero-order valence-corrected chi connectivity index (χ0v) is 11.0. The number of aromatic nitrogens is 4. The van der Waals surface area contributed by atoms with Crippen LogP contribution in [-0.4, -0.2) is 25.9 Å². The Morgan fingerprint density at radius 1 is 1.44 bits per heavy atom. The van der Waals surface area contributed by atoms with E-state index in [0.717, 1.165) is 22.9 Å². The van der Waals surface area contributed by atoms with E-state index in [1.54, 1.807) is 23.3 Å². The molecule has 1 amide bonds. The molecule has 2 N–H and O–H groups in total.